The number of nitrogens with zero attached hydrogens (tertiary/aromatic N) is 7. The topological polar surface area (TPSA) is 70.4 Å². The first-order valence-electron chi connectivity index (χ1n) is 16.0. The number of aromatic nitrogens is 4. The van der Waals surface area contributed by atoms with Crippen LogP contribution < -0.4 is 10.5 Å². The van der Waals surface area contributed by atoms with E-state index in [2.05, 4.69) is 37.3 Å². The molecule has 43 heavy (non-hydrogen) atoms. The van der Waals surface area contributed by atoms with Gasteiger partial charge in [-0.05, 0) is 76.1 Å². The van der Waals surface area contributed by atoms with E-state index in [1.165, 1.54) is 12.8 Å². The van der Waals surface area contributed by atoms with E-state index < -0.39 is 0 Å². The lowest BCUT2D eigenvalue weighted by atomic mass is 9.96. The van der Waals surface area contributed by atoms with Crippen LogP contribution in [0.4, 0.5) is 10.2 Å². The number of likely N-dealkylation sites (tertiary alicyclic amines) is 1. The van der Waals surface area contributed by atoms with Crippen LogP contribution in [-0.2, 0) is 19.5 Å². The van der Waals surface area contributed by atoms with Gasteiger partial charge in [0.1, 0.15) is 11.6 Å². The Balaban J connectivity index is 1.14. The maximum Gasteiger partial charge on any atom is 0.281 e. The third-order valence-corrected chi connectivity index (χ3v) is 9.78. The molecule has 0 N–H and O–H groups in total. The van der Waals surface area contributed by atoms with Gasteiger partial charge in [0.15, 0.2) is 22.1 Å². The van der Waals surface area contributed by atoms with Gasteiger partial charge < -0.3 is 4.90 Å². The summed E-state index contributed by atoms with van der Waals surface area (Å²) in [7, 11) is 0. The van der Waals surface area contributed by atoms with Crippen molar-refractivity contribution in [2.75, 3.05) is 37.6 Å². The molecule has 4 heterocycles. The first-order chi connectivity index (χ1) is 20.9. The molecule has 8 nitrogen and oxygen atoms in total. The maximum atomic E-state index is 14.8. The van der Waals surface area contributed by atoms with Crippen molar-refractivity contribution in [2.24, 2.45) is 0 Å². The lowest BCUT2D eigenvalue weighted by Crippen LogP contribution is -2.58. The zero-order valence-corrected chi connectivity index (χ0v) is 26.2. The Hall–Kier alpha value is -2.88. The van der Waals surface area contributed by atoms with Crippen LogP contribution in [0.3, 0.4) is 0 Å². The fraction of sp³-hybridized carbons (Fsp3) is 0.576. The maximum absolute atomic E-state index is 14.8. The van der Waals surface area contributed by atoms with E-state index in [0.29, 0.717) is 54.8 Å². The summed E-state index contributed by atoms with van der Waals surface area (Å²) in [5.74, 6) is 1.83. The molecule has 0 spiro atoms. The smallest absolute Gasteiger partial charge is 0.281 e. The second-order valence-corrected chi connectivity index (χ2v) is 12.6. The molecule has 2 aromatic heterocycles. The number of benzene rings is 1. The predicted octanol–water partition coefficient (Wildman–Crippen LogP) is 5.56. The first kappa shape index (κ1) is 30.2. The van der Waals surface area contributed by atoms with Gasteiger partial charge in [-0.2, -0.15) is 0 Å². The van der Waals surface area contributed by atoms with E-state index >= 15 is 0 Å². The van der Waals surface area contributed by atoms with Gasteiger partial charge in [-0.15, -0.1) is 6.58 Å². The summed E-state index contributed by atoms with van der Waals surface area (Å²) in [5.41, 5.74) is 2.36. The highest BCUT2D eigenvalue weighted by Gasteiger charge is 2.35. The van der Waals surface area contributed by atoms with Gasteiger partial charge in [0.2, 0.25) is 0 Å². The monoisotopic (exact) mass is 607 g/mol. The zero-order valence-electron chi connectivity index (χ0n) is 25.4. The van der Waals surface area contributed by atoms with Gasteiger partial charge in [0, 0.05) is 56.8 Å². The highest BCUT2D eigenvalue weighted by atomic mass is 35.5. The molecule has 1 aromatic carbocycles. The summed E-state index contributed by atoms with van der Waals surface area (Å²) >= 11 is 6.68. The molecule has 0 unspecified atom stereocenters. The second kappa shape index (κ2) is 13.0. The Kier molecular flexibility index (Phi) is 9.12. The summed E-state index contributed by atoms with van der Waals surface area (Å²) < 4.78 is 16.5. The van der Waals surface area contributed by atoms with E-state index in [-0.39, 0.29) is 22.0 Å². The van der Waals surface area contributed by atoms with E-state index in [1.807, 2.05) is 26.0 Å². The van der Waals surface area contributed by atoms with Gasteiger partial charge in [-0.25, -0.2) is 19.3 Å². The van der Waals surface area contributed by atoms with Crippen LogP contribution in [0.25, 0.3) is 11.2 Å². The summed E-state index contributed by atoms with van der Waals surface area (Å²) in [6.07, 6.45) is 9.06. The Bertz CT molecular complexity index is 1530. The molecule has 230 valence electrons. The Morgan fingerprint density at radius 3 is 2.53 bits per heavy atom. The minimum absolute atomic E-state index is 0.0558. The number of hydrogen-bond acceptors (Lipinski definition) is 7. The largest absolute Gasteiger partial charge is 0.351 e. The predicted molar refractivity (Wildman–Crippen MR) is 170 cm³/mol. The van der Waals surface area contributed by atoms with Crippen molar-refractivity contribution in [3.8, 4) is 0 Å². The molecule has 10 heteroatoms. The number of piperazine rings is 1. The fourth-order valence-electron chi connectivity index (χ4n) is 6.97. The first-order valence-corrected chi connectivity index (χ1v) is 16.4. The molecule has 1 atom stereocenters. The van der Waals surface area contributed by atoms with Crippen LogP contribution in [0.5, 0.6) is 0 Å². The standard InChI is InChI=1S/C33H43ClFN7O/c1-4-7-8-26-21-40(32-30(34)37-29-31(38-32)36-28(5-2)41(6-3)33(29)43)17-18-42(26)25-13-15-39(16-14-25)20-24-12-11-23(19-27(24)35)22-9-10-22/h4,11-12,19,22,25-26H,1,5-10,13-18,20-21H2,2-3H3/t26-/m0/s1. The number of allylic oxidation sites excluding steroid dienone is 1. The number of anilines is 1. The number of hydrogen-bond donors (Lipinski definition) is 0. The summed E-state index contributed by atoms with van der Waals surface area (Å²) in [6, 6.07) is 6.68. The van der Waals surface area contributed by atoms with Crippen molar-refractivity contribution in [3.05, 3.63) is 69.1 Å². The number of rotatable bonds is 10. The molecule has 6 rings (SSSR count). The van der Waals surface area contributed by atoms with Crippen LogP contribution >= 0.6 is 11.6 Å². The molecule has 3 fully saturated rings. The number of fused-ring (bicyclic) bond motifs is 1. The molecule has 1 saturated carbocycles. The highest BCUT2D eigenvalue weighted by Crippen LogP contribution is 2.40. The van der Waals surface area contributed by atoms with Crippen LogP contribution in [0.1, 0.15) is 75.2 Å². The average molecular weight is 608 g/mol. The molecule has 2 aliphatic heterocycles. The highest BCUT2D eigenvalue weighted by molar-refractivity contribution is 6.32. The molecule has 3 aliphatic rings. The molecule has 3 aromatic rings. The van der Waals surface area contributed by atoms with E-state index in [4.69, 9.17) is 16.6 Å². The summed E-state index contributed by atoms with van der Waals surface area (Å²) in [6.45, 7) is 13.5. The van der Waals surface area contributed by atoms with Crippen LogP contribution in [0, 0.1) is 5.82 Å². The van der Waals surface area contributed by atoms with Gasteiger partial charge in [0.25, 0.3) is 5.56 Å². The van der Waals surface area contributed by atoms with E-state index in [1.54, 1.807) is 10.6 Å². The number of piperidine rings is 1. The van der Waals surface area contributed by atoms with Crippen LogP contribution in [0.15, 0.2) is 35.6 Å². The normalized spacial score (nSPS) is 20.7. The van der Waals surface area contributed by atoms with Crippen molar-refractivity contribution in [1.29, 1.82) is 0 Å². The lowest BCUT2D eigenvalue weighted by molar-refractivity contribution is 0.0593. The van der Waals surface area contributed by atoms with Crippen molar-refractivity contribution in [1.82, 2.24) is 29.3 Å². The Morgan fingerprint density at radius 2 is 1.86 bits per heavy atom. The molecule has 0 bridgehead atoms. The molecule has 1 aliphatic carbocycles. The van der Waals surface area contributed by atoms with E-state index in [0.717, 1.165) is 69.5 Å². The molecule has 2 saturated heterocycles. The van der Waals surface area contributed by atoms with Gasteiger partial charge in [-0.3, -0.25) is 19.2 Å². The fourth-order valence-corrected chi connectivity index (χ4v) is 7.21. The number of halogens is 2. The quantitative estimate of drug-likeness (QED) is 0.280. The molecule has 0 amide bonds. The molecular formula is C33H43ClFN7O. The minimum Gasteiger partial charge on any atom is -0.351 e. The number of aryl methyl sites for hydroxylation is 1. The third kappa shape index (κ3) is 6.35. The lowest BCUT2D eigenvalue weighted by Gasteiger charge is -2.48. The average Bonchev–Trinajstić information content (AvgIpc) is 3.87. The summed E-state index contributed by atoms with van der Waals surface area (Å²) in [5, 5.41) is 0.250. The van der Waals surface area contributed by atoms with Crippen LogP contribution in [0.2, 0.25) is 5.15 Å². The van der Waals surface area contributed by atoms with Crippen LogP contribution in [-0.4, -0.2) is 74.1 Å². The second-order valence-electron chi connectivity index (χ2n) is 12.3. The Labute approximate surface area is 258 Å². The van der Waals surface area contributed by atoms with Gasteiger partial charge in [0.05, 0.1) is 0 Å². The van der Waals surface area contributed by atoms with Crippen molar-refractivity contribution < 1.29 is 4.39 Å². The Morgan fingerprint density at radius 1 is 1.07 bits per heavy atom. The third-order valence-electron chi connectivity index (χ3n) is 9.52. The molecule has 0 radical (unpaired) electrons. The van der Waals surface area contributed by atoms with E-state index in [9.17, 15) is 9.18 Å². The van der Waals surface area contributed by atoms with Crippen molar-refractivity contribution >= 4 is 28.6 Å². The van der Waals surface area contributed by atoms with Crippen molar-refractivity contribution in [3.63, 3.8) is 0 Å². The van der Waals surface area contributed by atoms with Crippen molar-refractivity contribution in [2.45, 2.75) is 89.9 Å². The van der Waals surface area contributed by atoms with Gasteiger partial charge in [-0.1, -0.05) is 36.7 Å². The SMILES string of the molecule is C=CCC[C@H]1CN(c2nc3nc(CC)n(CC)c(=O)c3nc2Cl)CCN1C1CCN(Cc2ccc(C3CC3)cc2F)CC1. The van der Waals surface area contributed by atoms with Gasteiger partial charge >= 0.3 is 0 Å². The summed E-state index contributed by atoms with van der Waals surface area (Å²) in [4.78, 5) is 34.3. The zero-order chi connectivity index (χ0) is 30.1. The minimum atomic E-state index is -0.191. The molecular weight excluding hydrogens is 565 g/mol.